The molecular formula is C23H25ClN4O2. The number of para-hydroxylation sites is 1. The fourth-order valence-electron chi connectivity index (χ4n) is 3.83. The first-order chi connectivity index (χ1) is 14.6. The monoisotopic (exact) mass is 424 g/mol. The molecule has 2 heterocycles. The van der Waals surface area contributed by atoms with Crippen molar-refractivity contribution in [2.75, 3.05) is 18.0 Å². The summed E-state index contributed by atoms with van der Waals surface area (Å²) in [6.07, 6.45) is 3.56. The Hall–Kier alpha value is -2.86. The third kappa shape index (κ3) is 4.49. The van der Waals surface area contributed by atoms with Crippen LogP contribution in [0.2, 0.25) is 5.02 Å². The van der Waals surface area contributed by atoms with E-state index in [0.29, 0.717) is 28.4 Å². The number of piperidine rings is 1. The van der Waals surface area contributed by atoms with E-state index in [9.17, 15) is 9.59 Å². The SMILES string of the molecule is O=C(CCn1c(N2CCCCC2)nc2ccccc2c1=O)NCc1ccccc1Cl. The van der Waals surface area contributed by atoms with Gasteiger partial charge in [0.1, 0.15) is 0 Å². The first kappa shape index (κ1) is 20.4. The fourth-order valence-corrected chi connectivity index (χ4v) is 4.03. The highest BCUT2D eigenvalue weighted by atomic mass is 35.5. The molecule has 1 N–H and O–H groups in total. The number of hydrogen-bond acceptors (Lipinski definition) is 4. The highest BCUT2D eigenvalue weighted by Crippen LogP contribution is 2.20. The van der Waals surface area contributed by atoms with Crippen LogP contribution in [0.15, 0.2) is 53.3 Å². The average molecular weight is 425 g/mol. The van der Waals surface area contributed by atoms with Crippen LogP contribution >= 0.6 is 11.6 Å². The van der Waals surface area contributed by atoms with Gasteiger partial charge in [0, 0.05) is 37.6 Å². The van der Waals surface area contributed by atoms with E-state index < -0.39 is 0 Å². The summed E-state index contributed by atoms with van der Waals surface area (Å²) in [4.78, 5) is 32.6. The summed E-state index contributed by atoms with van der Waals surface area (Å²) in [5, 5.41) is 4.10. The standard InChI is InChI=1S/C23H25ClN4O2/c24-19-10-4-2-8-17(19)16-25-21(29)12-15-28-22(30)18-9-3-5-11-20(18)26-23(28)27-13-6-1-7-14-27/h2-5,8-11H,1,6-7,12-16H2,(H,25,29). The summed E-state index contributed by atoms with van der Waals surface area (Å²) in [6.45, 7) is 2.41. The molecule has 7 heteroatoms. The van der Waals surface area contributed by atoms with E-state index in [1.54, 1.807) is 16.7 Å². The van der Waals surface area contributed by atoms with E-state index >= 15 is 0 Å². The number of rotatable bonds is 6. The summed E-state index contributed by atoms with van der Waals surface area (Å²) in [7, 11) is 0. The Labute approximate surface area is 180 Å². The van der Waals surface area contributed by atoms with Crippen LogP contribution in [-0.4, -0.2) is 28.5 Å². The molecule has 0 bridgehead atoms. The second-order valence-electron chi connectivity index (χ2n) is 7.55. The van der Waals surface area contributed by atoms with Crippen LogP contribution in [0.25, 0.3) is 10.9 Å². The number of carbonyl (C=O) groups is 1. The number of fused-ring (bicyclic) bond motifs is 1. The lowest BCUT2D eigenvalue weighted by molar-refractivity contribution is -0.121. The first-order valence-electron chi connectivity index (χ1n) is 10.4. The van der Waals surface area contributed by atoms with Gasteiger partial charge in [-0.15, -0.1) is 0 Å². The number of carbonyl (C=O) groups excluding carboxylic acids is 1. The number of amides is 1. The molecule has 1 aromatic heterocycles. The van der Waals surface area contributed by atoms with Gasteiger partial charge in [-0.1, -0.05) is 41.9 Å². The lowest BCUT2D eigenvalue weighted by Crippen LogP contribution is -2.37. The van der Waals surface area contributed by atoms with Crippen LogP contribution in [0.5, 0.6) is 0 Å². The molecule has 4 rings (SSSR count). The predicted molar refractivity (Wildman–Crippen MR) is 120 cm³/mol. The smallest absolute Gasteiger partial charge is 0.262 e. The van der Waals surface area contributed by atoms with Crippen molar-refractivity contribution in [3.63, 3.8) is 0 Å². The van der Waals surface area contributed by atoms with Crippen LogP contribution in [0.4, 0.5) is 5.95 Å². The largest absolute Gasteiger partial charge is 0.352 e. The maximum atomic E-state index is 13.2. The zero-order chi connectivity index (χ0) is 20.9. The summed E-state index contributed by atoms with van der Waals surface area (Å²) in [5.74, 6) is 0.539. The lowest BCUT2D eigenvalue weighted by atomic mass is 10.1. The van der Waals surface area contributed by atoms with Gasteiger partial charge in [0.15, 0.2) is 0 Å². The van der Waals surface area contributed by atoms with Crippen molar-refractivity contribution >= 4 is 34.4 Å². The highest BCUT2D eigenvalue weighted by Gasteiger charge is 2.19. The molecule has 0 unspecified atom stereocenters. The molecule has 0 aliphatic carbocycles. The van der Waals surface area contributed by atoms with Gasteiger partial charge in [-0.3, -0.25) is 14.2 Å². The summed E-state index contributed by atoms with van der Waals surface area (Å²) in [6, 6.07) is 14.8. The Morgan fingerprint density at radius 1 is 1.03 bits per heavy atom. The maximum absolute atomic E-state index is 13.2. The third-order valence-electron chi connectivity index (χ3n) is 5.48. The second kappa shape index (κ2) is 9.30. The van der Waals surface area contributed by atoms with E-state index in [-0.39, 0.29) is 24.4 Å². The fraction of sp³-hybridized carbons (Fsp3) is 0.348. The van der Waals surface area contributed by atoms with Gasteiger partial charge in [-0.25, -0.2) is 4.98 Å². The molecule has 1 aliphatic rings. The molecule has 2 aromatic carbocycles. The zero-order valence-electron chi connectivity index (χ0n) is 16.8. The Morgan fingerprint density at radius 3 is 2.57 bits per heavy atom. The highest BCUT2D eigenvalue weighted by molar-refractivity contribution is 6.31. The third-order valence-corrected chi connectivity index (χ3v) is 5.85. The van der Waals surface area contributed by atoms with Crippen LogP contribution in [0, 0.1) is 0 Å². The van der Waals surface area contributed by atoms with E-state index in [1.165, 1.54) is 6.42 Å². The molecule has 156 valence electrons. The van der Waals surface area contributed by atoms with E-state index in [2.05, 4.69) is 10.2 Å². The Morgan fingerprint density at radius 2 is 1.77 bits per heavy atom. The predicted octanol–water partition coefficient (Wildman–Crippen LogP) is 3.75. The summed E-state index contributed by atoms with van der Waals surface area (Å²) < 4.78 is 1.66. The van der Waals surface area contributed by atoms with Crippen molar-refractivity contribution in [3.05, 3.63) is 69.5 Å². The number of hydrogen-bond donors (Lipinski definition) is 1. The van der Waals surface area contributed by atoms with E-state index in [1.807, 2.05) is 36.4 Å². The molecule has 1 fully saturated rings. The number of anilines is 1. The Kier molecular flexibility index (Phi) is 6.33. The average Bonchev–Trinajstić information content (AvgIpc) is 2.78. The molecule has 1 saturated heterocycles. The number of halogens is 1. The summed E-state index contributed by atoms with van der Waals surface area (Å²) >= 11 is 6.15. The Balaban J connectivity index is 1.53. The van der Waals surface area contributed by atoms with Crippen LogP contribution in [-0.2, 0) is 17.9 Å². The molecule has 30 heavy (non-hydrogen) atoms. The molecule has 1 amide bonds. The van der Waals surface area contributed by atoms with Crippen molar-refractivity contribution < 1.29 is 4.79 Å². The molecular weight excluding hydrogens is 400 g/mol. The molecule has 0 atom stereocenters. The van der Waals surface area contributed by atoms with E-state index in [0.717, 1.165) is 31.5 Å². The molecule has 0 spiro atoms. The minimum absolute atomic E-state index is 0.0972. The minimum atomic E-state index is -0.125. The Bertz CT molecular complexity index is 1110. The molecule has 1 aliphatic heterocycles. The molecule has 0 saturated carbocycles. The number of benzene rings is 2. The van der Waals surface area contributed by atoms with Gasteiger partial charge in [-0.2, -0.15) is 0 Å². The minimum Gasteiger partial charge on any atom is -0.352 e. The van der Waals surface area contributed by atoms with Crippen molar-refractivity contribution in [3.8, 4) is 0 Å². The van der Waals surface area contributed by atoms with Gasteiger partial charge in [0.05, 0.1) is 10.9 Å². The maximum Gasteiger partial charge on any atom is 0.262 e. The molecule has 0 radical (unpaired) electrons. The number of aromatic nitrogens is 2. The molecule has 6 nitrogen and oxygen atoms in total. The number of nitrogens with one attached hydrogen (secondary N) is 1. The van der Waals surface area contributed by atoms with Crippen molar-refractivity contribution in [2.45, 2.75) is 38.8 Å². The van der Waals surface area contributed by atoms with Crippen LogP contribution in [0.1, 0.15) is 31.2 Å². The summed E-state index contributed by atoms with van der Waals surface area (Å²) in [5.41, 5.74) is 1.47. The van der Waals surface area contributed by atoms with Crippen molar-refractivity contribution in [1.29, 1.82) is 0 Å². The van der Waals surface area contributed by atoms with Crippen LogP contribution in [0.3, 0.4) is 0 Å². The number of nitrogens with zero attached hydrogens (tertiary/aromatic N) is 3. The first-order valence-corrected chi connectivity index (χ1v) is 10.8. The van der Waals surface area contributed by atoms with Gasteiger partial charge in [-0.05, 0) is 43.0 Å². The van der Waals surface area contributed by atoms with Gasteiger partial charge >= 0.3 is 0 Å². The van der Waals surface area contributed by atoms with E-state index in [4.69, 9.17) is 16.6 Å². The molecule has 3 aromatic rings. The quantitative estimate of drug-likeness (QED) is 0.654. The van der Waals surface area contributed by atoms with Gasteiger partial charge < -0.3 is 10.2 Å². The lowest BCUT2D eigenvalue weighted by Gasteiger charge is -2.29. The van der Waals surface area contributed by atoms with Crippen molar-refractivity contribution in [1.82, 2.24) is 14.9 Å². The van der Waals surface area contributed by atoms with Crippen molar-refractivity contribution in [2.24, 2.45) is 0 Å². The zero-order valence-corrected chi connectivity index (χ0v) is 17.6. The van der Waals surface area contributed by atoms with Gasteiger partial charge in [0.2, 0.25) is 11.9 Å². The van der Waals surface area contributed by atoms with Crippen LogP contribution < -0.4 is 15.8 Å². The second-order valence-corrected chi connectivity index (χ2v) is 7.96. The van der Waals surface area contributed by atoms with Gasteiger partial charge in [0.25, 0.3) is 5.56 Å². The normalized spacial score (nSPS) is 14.1. The topological polar surface area (TPSA) is 67.2 Å².